The van der Waals surface area contributed by atoms with Crippen molar-refractivity contribution in [3.05, 3.63) is 0 Å². The number of carbonyl (C=O) groups is 1. The third-order valence-corrected chi connectivity index (χ3v) is 5.91. The molecule has 0 aromatic rings. The van der Waals surface area contributed by atoms with Crippen molar-refractivity contribution in [2.24, 2.45) is 10.8 Å². The molecule has 20 heavy (non-hydrogen) atoms. The molecule has 116 valence electrons. The molecule has 1 aliphatic carbocycles. The summed E-state index contributed by atoms with van der Waals surface area (Å²) in [5.41, 5.74) is 0.464. The molecule has 0 radical (unpaired) electrons. The van der Waals surface area contributed by atoms with Gasteiger partial charge in [-0.2, -0.15) is 0 Å². The summed E-state index contributed by atoms with van der Waals surface area (Å²) in [5.74, 6) is 0.348. The fourth-order valence-corrected chi connectivity index (χ4v) is 3.99. The number of nitrogens with one attached hydrogen (secondary N) is 1. The van der Waals surface area contributed by atoms with Crippen molar-refractivity contribution in [1.82, 2.24) is 10.2 Å². The van der Waals surface area contributed by atoms with Crippen molar-refractivity contribution in [2.75, 3.05) is 0 Å². The summed E-state index contributed by atoms with van der Waals surface area (Å²) in [6.07, 6.45) is 5.71. The molecule has 2 unspecified atom stereocenters. The Morgan fingerprint density at radius 3 is 2.10 bits per heavy atom. The van der Waals surface area contributed by atoms with E-state index in [-0.39, 0.29) is 23.0 Å². The maximum atomic E-state index is 12.8. The van der Waals surface area contributed by atoms with Crippen LogP contribution in [0, 0.1) is 10.8 Å². The Balaban J connectivity index is 2.15. The van der Waals surface area contributed by atoms with E-state index in [4.69, 9.17) is 0 Å². The number of unbranched alkanes of at least 4 members (excludes halogenated alkanes) is 1. The number of hydrogen-bond acceptors (Lipinski definition) is 2. The smallest absolute Gasteiger partial charge is 0.241 e. The second-order valence-electron chi connectivity index (χ2n) is 7.76. The van der Waals surface area contributed by atoms with Crippen molar-refractivity contribution < 1.29 is 4.79 Å². The SMILES string of the molecule is CCCCC1NC(CCC)N(C2C(C)(C)C2(C)C)C1=O. The molecule has 3 heteroatoms. The largest absolute Gasteiger partial charge is 0.322 e. The molecule has 1 N–H and O–H groups in total. The van der Waals surface area contributed by atoms with Crippen LogP contribution in [0.3, 0.4) is 0 Å². The zero-order valence-electron chi connectivity index (χ0n) is 14.1. The topological polar surface area (TPSA) is 32.3 Å². The Bertz CT molecular complexity index is 361. The van der Waals surface area contributed by atoms with E-state index in [1.54, 1.807) is 0 Å². The quantitative estimate of drug-likeness (QED) is 0.807. The minimum atomic E-state index is 0.0544. The fourth-order valence-electron chi connectivity index (χ4n) is 3.99. The molecule has 0 bridgehead atoms. The van der Waals surface area contributed by atoms with Gasteiger partial charge in [-0.25, -0.2) is 0 Å². The van der Waals surface area contributed by atoms with E-state index < -0.39 is 0 Å². The highest BCUT2D eigenvalue weighted by molar-refractivity contribution is 5.85. The molecule has 0 spiro atoms. The highest BCUT2D eigenvalue weighted by Gasteiger charge is 2.70. The molecule has 2 aliphatic rings. The second-order valence-corrected chi connectivity index (χ2v) is 7.76. The Kier molecular flexibility index (Phi) is 4.21. The van der Waals surface area contributed by atoms with Crippen molar-refractivity contribution in [3.8, 4) is 0 Å². The first-order valence-electron chi connectivity index (χ1n) is 8.37. The molecule has 0 aromatic carbocycles. The number of amides is 1. The van der Waals surface area contributed by atoms with Gasteiger partial charge in [-0.05, 0) is 23.7 Å². The normalized spacial score (nSPS) is 31.9. The molecular weight excluding hydrogens is 248 g/mol. The minimum absolute atomic E-state index is 0.0544. The Labute approximate surface area is 124 Å². The highest BCUT2D eigenvalue weighted by atomic mass is 16.2. The molecule has 1 amide bonds. The summed E-state index contributed by atoms with van der Waals surface area (Å²) in [4.78, 5) is 15.0. The molecule has 2 atom stereocenters. The van der Waals surface area contributed by atoms with Gasteiger partial charge in [0.05, 0.1) is 12.2 Å². The molecule has 3 nitrogen and oxygen atoms in total. The Morgan fingerprint density at radius 2 is 1.65 bits per heavy atom. The van der Waals surface area contributed by atoms with E-state index in [2.05, 4.69) is 51.8 Å². The van der Waals surface area contributed by atoms with Gasteiger partial charge < -0.3 is 4.90 Å². The molecule has 1 heterocycles. The van der Waals surface area contributed by atoms with Gasteiger partial charge in [-0.15, -0.1) is 0 Å². The van der Waals surface area contributed by atoms with E-state index in [0.29, 0.717) is 11.9 Å². The second kappa shape index (κ2) is 5.32. The van der Waals surface area contributed by atoms with Crippen molar-refractivity contribution >= 4 is 5.91 Å². The lowest BCUT2D eigenvalue weighted by Crippen LogP contribution is -2.41. The number of nitrogens with zero attached hydrogens (tertiary/aromatic N) is 1. The first-order valence-corrected chi connectivity index (χ1v) is 8.37. The lowest BCUT2D eigenvalue weighted by atomic mass is 10.0. The van der Waals surface area contributed by atoms with Gasteiger partial charge in [0, 0.05) is 6.04 Å². The van der Waals surface area contributed by atoms with Crippen LogP contribution >= 0.6 is 0 Å². The molecule has 1 saturated carbocycles. The van der Waals surface area contributed by atoms with E-state index >= 15 is 0 Å². The van der Waals surface area contributed by atoms with Gasteiger partial charge in [-0.1, -0.05) is 60.8 Å². The van der Waals surface area contributed by atoms with Gasteiger partial charge >= 0.3 is 0 Å². The summed E-state index contributed by atoms with van der Waals surface area (Å²) < 4.78 is 0. The van der Waals surface area contributed by atoms with Crippen LogP contribution in [0.25, 0.3) is 0 Å². The molecule has 1 saturated heterocycles. The number of hydrogen-bond donors (Lipinski definition) is 1. The van der Waals surface area contributed by atoms with Crippen LogP contribution in [0.4, 0.5) is 0 Å². The highest BCUT2D eigenvalue weighted by Crippen LogP contribution is 2.66. The average molecular weight is 280 g/mol. The van der Waals surface area contributed by atoms with E-state index in [0.717, 1.165) is 32.1 Å². The Hall–Kier alpha value is -0.570. The van der Waals surface area contributed by atoms with Crippen molar-refractivity contribution in [3.63, 3.8) is 0 Å². The molecular formula is C17H32N2O. The molecule has 2 rings (SSSR count). The summed E-state index contributed by atoms with van der Waals surface area (Å²) >= 11 is 0. The number of rotatable bonds is 6. The number of carbonyl (C=O) groups excluding carboxylic acids is 1. The summed E-state index contributed by atoms with van der Waals surface area (Å²) in [6, 6.07) is 0.442. The van der Waals surface area contributed by atoms with Gasteiger partial charge in [-0.3, -0.25) is 10.1 Å². The lowest BCUT2D eigenvalue weighted by Gasteiger charge is -2.26. The minimum Gasteiger partial charge on any atom is -0.322 e. The monoisotopic (exact) mass is 280 g/mol. The van der Waals surface area contributed by atoms with Gasteiger partial charge in [0.15, 0.2) is 0 Å². The maximum Gasteiger partial charge on any atom is 0.241 e. The third kappa shape index (κ3) is 2.28. The van der Waals surface area contributed by atoms with Crippen molar-refractivity contribution in [2.45, 2.75) is 91.9 Å². The van der Waals surface area contributed by atoms with Crippen molar-refractivity contribution in [1.29, 1.82) is 0 Å². The van der Waals surface area contributed by atoms with E-state index in [1.807, 2.05) is 0 Å². The van der Waals surface area contributed by atoms with Crippen LogP contribution in [0.1, 0.15) is 73.6 Å². The van der Waals surface area contributed by atoms with Gasteiger partial charge in [0.2, 0.25) is 5.91 Å². The summed E-state index contributed by atoms with van der Waals surface area (Å²) in [6.45, 7) is 13.6. The van der Waals surface area contributed by atoms with E-state index in [9.17, 15) is 4.79 Å². The lowest BCUT2D eigenvalue weighted by molar-refractivity contribution is -0.131. The van der Waals surface area contributed by atoms with Crippen LogP contribution in [0.5, 0.6) is 0 Å². The van der Waals surface area contributed by atoms with Gasteiger partial charge in [0.1, 0.15) is 0 Å². The van der Waals surface area contributed by atoms with Crippen LogP contribution in [0.15, 0.2) is 0 Å². The maximum absolute atomic E-state index is 12.8. The Morgan fingerprint density at radius 1 is 1.05 bits per heavy atom. The molecule has 1 aliphatic heterocycles. The van der Waals surface area contributed by atoms with Gasteiger partial charge in [0.25, 0.3) is 0 Å². The molecule has 2 fully saturated rings. The summed E-state index contributed by atoms with van der Waals surface area (Å²) in [5, 5.41) is 3.60. The summed E-state index contributed by atoms with van der Waals surface area (Å²) in [7, 11) is 0. The fraction of sp³-hybridized carbons (Fsp3) is 0.941. The third-order valence-electron chi connectivity index (χ3n) is 5.91. The predicted molar refractivity (Wildman–Crippen MR) is 83.3 cm³/mol. The van der Waals surface area contributed by atoms with Crippen LogP contribution < -0.4 is 5.32 Å². The van der Waals surface area contributed by atoms with Crippen LogP contribution in [0.2, 0.25) is 0 Å². The average Bonchev–Trinajstić information content (AvgIpc) is 2.63. The first kappa shape index (κ1) is 15.8. The zero-order valence-corrected chi connectivity index (χ0v) is 14.1. The molecule has 0 aromatic heterocycles. The van der Waals surface area contributed by atoms with Crippen LogP contribution in [-0.2, 0) is 4.79 Å². The zero-order chi connectivity index (χ0) is 15.1. The van der Waals surface area contributed by atoms with Crippen LogP contribution in [-0.4, -0.2) is 29.1 Å². The predicted octanol–water partition coefficient (Wildman–Crippen LogP) is 3.54. The first-order chi connectivity index (χ1) is 9.29. The van der Waals surface area contributed by atoms with E-state index in [1.165, 1.54) is 0 Å². The standard InChI is InChI=1S/C17H32N2O/c1-7-9-11-12-14(20)19(13(18-12)10-8-2)15-16(3,4)17(15,5)6/h12-13,15,18H,7-11H2,1-6H3.